The number of amides is 1. The minimum absolute atomic E-state index is 0.153. The fourth-order valence-corrected chi connectivity index (χ4v) is 3.67. The molecule has 5 nitrogen and oxygen atoms in total. The summed E-state index contributed by atoms with van der Waals surface area (Å²) in [7, 11) is -2.17. The summed E-state index contributed by atoms with van der Waals surface area (Å²) in [4.78, 5) is 11.9. The molecule has 1 N–H and O–H groups in total. The van der Waals surface area contributed by atoms with Gasteiger partial charge in [0.05, 0.1) is 11.4 Å². The van der Waals surface area contributed by atoms with Gasteiger partial charge in [-0.15, -0.1) is 0 Å². The lowest BCUT2D eigenvalue weighted by molar-refractivity contribution is -0.121. The third kappa shape index (κ3) is 3.63. The molecule has 1 aliphatic rings. The van der Waals surface area contributed by atoms with Crippen molar-refractivity contribution in [3.63, 3.8) is 0 Å². The van der Waals surface area contributed by atoms with Gasteiger partial charge in [0.15, 0.2) is 0 Å². The first kappa shape index (κ1) is 16.0. The first-order chi connectivity index (χ1) is 9.95. The normalized spacial score (nSPS) is 14.2. The number of sulfonamides is 1. The molecule has 1 amide bonds. The van der Waals surface area contributed by atoms with Crippen molar-refractivity contribution >= 4 is 15.9 Å². The van der Waals surface area contributed by atoms with Crippen molar-refractivity contribution in [2.24, 2.45) is 0 Å². The van der Waals surface area contributed by atoms with Crippen LogP contribution in [0.15, 0.2) is 23.1 Å². The van der Waals surface area contributed by atoms with Crippen molar-refractivity contribution in [3.8, 4) is 0 Å². The quantitative estimate of drug-likeness (QED) is 0.862. The fraction of sp³-hybridized carbons (Fsp3) is 0.533. The summed E-state index contributed by atoms with van der Waals surface area (Å²) in [6.45, 7) is 2.36. The van der Waals surface area contributed by atoms with E-state index in [1.54, 1.807) is 12.1 Å². The van der Waals surface area contributed by atoms with Crippen molar-refractivity contribution in [1.29, 1.82) is 0 Å². The first-order valence-electron chi connectivity index (χ1n) is 7.30. The Hall–Kier alpha value is -1.40. The summed E-state index contributed by atoms with van der Waals surface area (Å²) in [6.07, 6.45) is 3.85. The number of aryl methyl sites for hydroxylation is 2. The molecular formula is C15H22N2O3S. The molecule has 0 atom stereocenters. The van der Waals surface area contributed by atoms with Crippen LogP contribution in [0.3, 0.4) is 0 Å². The molecule has 116 valence electrons. The van der Waals surface area contributed by atoms with Crippen LogP contribution in [0.5, 0.6) is 0 Å². The first-order valence-corrected chi connectivity index (χ1v) is 8.74. The Balaban J connectivity index is 2.12. The van der Waals surface area contributed by atoms with Gasteiger partial charge in [-0.2, -0.15) is 4.31 Å². The highest BCUT2D eigenvalue weighted by Crippen LogP contribution is 2.25. The molecule has 0 saturated heterocycles. The monoisotopic (exact) mass is 310 g/mol. The van der Waals surface area contributed by atoms with Crippen LogP contribution in [0, 0.1) is 0 Å². The molecule has 1 aliphatic carbocycles. The van der Waals surface area contributed by atoms with Crippen molar-refractivity contribution in [3.05, 3.63) is 29.3 Å². The maximum Gasteiger partial charge on any atom is 0.243 e. The van der Waals surface area contributed by atoms with Crippen molar-refractivity contribution in [1.82, 2.24) is 9.62 Å². The Morgan fingerprint density at radius 2 is 2.00 bits per heavy atom. The zero-order chi connectivity index (χ0) is 15.5. The third-order valence-electron chi connectivity index (χ3n) is 3.72. The third-order valence-corrected chi connectivity index (χ3v) is 5.52. The number of carbonyl (C=O) groups excluding carboxylic acids is 1. The van der Waals surface area contributed by atoms with Gasteiger partial charge in [-0.25, -0.2) is 8.42 Å². The van der Waals surface area contributed by atoms with Crippen LogP contribution in [-0.4, -0.2) is 38.8 Å². The van der Waals surface area contributed by atoms with E-state index in [1.807, 2.05) is 13.0 Å². The maximum atomic E-state index is 12.5. The number of hydrogen-bond donors (Lipinski definition) is 1. The van der Waals surface area contributed by atoms with E-state index in [-0.39, 0.29) is 17.3 Å². The van der Waals surface area contributed by atoms with Crippen molar-refractivity contribution in [2.75, 3.05) is 20.1 Å². The van der Waals surface area contributed by atoms with E-state index in [0.29, 0.717) is 6.54 Å². The van der Waals surface area contributed by atoms with Gasteiger partial charge < -0.3 is 5.32 Å². The van der Waals surface area contributed by atoms with Gasteiger partial charge in [-0.05, 0) is 48.9 Å². The van der Waals surface area contributed by atoms with Crippen LogP contribution in [0.2, 0.25) is 0 Å². The van der Waals surface area contributed by atoms with Gasteiger partial charge >= 0.3 is 0 Å². The molecule has 2 rings (SSSR count). The molecule has 0 heterocycles. The Labute approximate surface area is 126 Å². The van der Waals surface area contributed by atoms with E-state index in [2.05, 4.69) is 5.32 Å². The maximum absolute atomic E-state index is 12.5. The Bertz CT molecular complexity index is 626. The van der Waals surface area contributed by atoms with E-state index >= 15 is 0 Å². The molecule has 1 aromatic rings. The van der Waals surface area contributed by atoms with Crippen molar-refractivity contribution < 1.29 is 13.2 Å². The molecule has 1 aromatic carbocycles. The molecule has 0 unspecified atom stereocenters. The van der Waals surface area contributed by atoms with Crippen LogP contribution >= 0.6 is 0 Å². The molecule has 0 spiro atoms. The molecule has 6 heteroatoms. The van der Waals surface area contributed by atoms with E-state index in [1.165, 1.54) is 12.6 Å². The number of carbonyl (C=O) groups is 1. The second-order valence-corrected chi connectivity index (χ2v) is 7.44. The highest BCUT2D eigenvalue weighted by Gasteiger charge is 2.24. The number of hydrogen-bond acceptors (Lipinski definition) is 3. The largest absolute Gasteiger partial charge is 0.355 e. The van der Waals surface area contributed by atoms with Crippen LogP contribution in [-0.2, 0) is 27.7 Å². The van der Waals surface area contributed by atoms with Gasteiger partial charge in [0.2, 0.25) is 15.9 Å². The predicted molar refractivity (Wildman–Crippen MR) is 81.6 cm³/mol. The predicted octanol–water partition coefficient (Wildman–Crippen LogP) is 1.32. The lowest BCUT2D eigenvalue weighted by atomic mass is 10.1. The Morgan fingerprint density at radius 1 is 1.29 bits per heavy atom. The van der Waals surface area contributed by atoms with Gasteiger partial charge in [-0.1, -0.05) is 13.0 Å². The number of likely N-dealkylation sites (N-methyl/N-ethyl adjacent to an activating group) is 1. The number of nitrogens with one attached hydrogen (secondary N) is 1. The smallest absolute Gasteiger partial charge is 0.243 e. The van der Waals surface area contributed by atoms with E-state index in [9.17, 15) is 13.2 Å². The average Bonchev–Trinajstić information content (AvgIpc) is 2.92. The molecule has 0 radical (unpaired) electrons. The molecule has 0 aliphatic heterocycles. The zero-order valence-electron chi connectivity index (χ0n) is 12.6. The molecule has 0 fully saturated rings. The average molecular weight is 310 g/mol. The Morgan fingerprint density at radius 3 is 2.71 bits per heavy atom. The van der Waals surface area contributed by atoms with E-state index in [4.69, 9.17) is 0 Å². The van der Waals surface area contributed by atoms with E-state index < -0.39 is 10.0 Å². The van der Waals surface area contributed by atoms with E-state index in [0.717, 1.165) is 35.6 Å². The second kappa shape index (κ2) is 6.58. The number of rotatable bonds is 6. The topological polar surface area (TPSA) is 66.5 Å². The standard InChI is InChI=1S/C15H22N2O3S/c1-3-9-16-15(18)11-17(2)21(19,20)14-8-7-12-5-4-6-13(12)10-14/h7-8,10H,3-6,9,11H2,1-2H3,(H,16,18). The van der Waals surface area contributed by atoms with Gasteiger partial charge in [-0.3, -0.25) is 4.79 Å². The fourth-order valence-electron chi connectivity index (χ4n) is 2.50. The summed E-state index contributed by atoms with van der Waals surface area (Å²) < 4.78 is 26.1. The lowest BCUT2D eigenvalue weighted by Gasteiger charge is -2.17. The van der Waals surface area contributed by atoms with Crippen molar-refractivity contribution in [2.45, 2.75) is 37.5 Å². The van der Waals surface area contributed by atoms with Gasteiger partial charge in [0.25, 0.3) is 0 Å². The molecule has 0 saturated carbocycles. The SMILES string of the molecule is CCCNC(=O)CN(C)S(=O)(=O)c1ccc2c(c1)CCC2. The highest BCUT2D eigenvalue weighted by atomic mass is 32.2. The summed E-state index contributed by atoms with van der Waals surface area (Å²) in [5.74, 6) is -0.274. The minimum atomic E-state index is -3.61. The van der Waals surface area contributed by atoms with Crippen LogP contribution in [0.4, 0.5) is 0 Å². The highest BCUT2D eigenvalue weighted by molar-refractivity contribution is 7.89. The van der Waals surface area contributed by atoms with Gasteiger partial charge in [0.1, 0.15) is 0 Å². The number of fused-ring (bicyclic) bond motifs is 1. The summed E-state index contributed by atoms with van der Waals surface area (Å²) in [5, 5.41) is 2.68. The Kier molecular flexibility index (Phi) is 5.00. The summed E-state index contributed by atoms with van der Waals surface area (Å²) in [5.41, 5.74) is 2.34. The molecule has 0 bridgehead atoms. The lowest BCUT2D eigenvalue weighted by Crippen LogP contribution is -2.38. The summed E-state index contributed by atoms with van der Waals surface area (Å²) >= 11 is 0. The summed E-state index contributed by atoms with van der Waals surface area (Å²) in [6, 6.07) is 5.28. The van der Waals surface area contributed by atoms with Crippen LogP contribution < -0.4 is 5.32 Å². The molecular weight excluding hydrogens is 288 g/mol. The molecule has 0 aromatic heterocycles. The minimum Gasteiger partial charge on any atom is -0.355 e. The van der Waals surface area contributed by atoms with Gasteiger partial charge in [0, 0.05) is 13.6 Å². The van der Waals surface area contributed by atoms with Crippen LogP contribution in [0.1, 0.15) is 30.9 Å². The zero-order valence-corrected chi connectivity index (χ0v) is 13.4. The number of benzene rings is 1. The number of nitrogens with zero attached hydrogens (tertiary/aromatic N) is 1. The second-order valence-electron chi connectivity index (χ2n) is 5.40. The van der Waals surface area contributed by atoms with Crippen LogP contribution in [0.25, 0.3) is 0 Å². The molecule has 21 heavy (non-hydrogen) atoms.